The second kappa shape index (κ2) is 6.58. The first-order chi connectivity index (χ1) is 9.42. The Hall–Kier alpha value is -0.400. The lowest BCUT2D eigenvalue weighted by Crippen LogP contribution is -2.38. The first kappa shape index (κ1) is 16.0. The van der Waals surface area contributed by atoms with Crippen molar-refractivity contribution < 1.29 is 12.8 Å². The summed E-state index contributed by atoms with van der Waals surface area (Å²) in [6.45, 7) is 2.03. The summed E-state index contributed by atoms with van der Waals surface area (Å²) in [6, 6.07) is 2.38. The Balaban J connectivity index is 2.12. The minimum atomic E-state index is -3.84. The molecule has 1 saturated heterocycles. The number of sulfonamides is 1. The Morgan fingerprint density at radius 1 is 1.40 bits per heavy atom. The van der Waals surface area contributed by atoms with Crippen LogP contribution in [0.1, 0.15) is 12.8 Å². The van der Waals surface area contributed by atoms with Crippen LogP contribution in [-0.4, -0.2) is 28.1 Å². The molecule has 1 aliphatic heterocycles. The molecular weight excluding hydrogens is 326 g/mol. The van der Waals surface area contributed by atoms with Gasteiger partial charge in [-0.25, -0.2) is 17.5 Å². The molecule has 4 nitrogen and oxygen atoms in total. The van der Waals surface area contributed by atoms with Crippen LogP contribution in [0, 0.1) is 11.7 Å². The van der Waals surface area contributed by atoms with Crippen LogP contribution in [0.3, 0.4) is 0 Å². The molecular formula is C12H15Cl2FN2O2S. The fraction of sp³-hybridized carbons (Fsp3) is 0.500. The van der Waals surface area contributed by atoms with Crippen molar-refractivity contribution in [3.63, 3.8) is 0 Å². The highest BCUT2D eigenvalue weighted by atomic mass is 35.5. The number of hydrogen-bond donors (Lipinski definition) is 2. The number of hydrogen-bond acceptors (Lipinski definition) is 3. The number of rotatable bonds is 4. The van der Waals surface area contributed by atoms with E-state index in [0.29, 0.717) is 6.54 Å². The van der Waals surface area contributed by atoms with Crippen molar-refractivity contribution >= 4 is 33.2 Å². The van der Waals surface area contributed by atoms with Gasteiger partial charge in [-0.3, -0.25) is 0 Å². The lowest BCUT2D eigenvalue weighted by molar-refractivity contribution is 0.376. The topological polar surface area (TPSA) is 58.2 Å². The SMILES string of the molecule is O=S(=O)(NCC1CCCNC1)c1ccc(Cl)c(F)c1Cl. The lowest BCUT2D eigenvalue weighted by atomic mass is 10.0. The third kappa shape index (κ3) is 3.62. The number of nitrogens with one attached hydrogen (secondary N) is 2. The van der Waals surface area contributed by atoms with Gasteiger partial charge in [0.15, 0.2) is 5.82 Å². The molecule has 1 heterocycles. The molecule has 0 amide bonds. The van der Waals surface area contributed by atoms with Gasteiger partial charge >= 0.3 is 0 Å². The van der Waals surface area contributed by atoms with Crippen molar-refractivity contribution in [1.29, 1.82) is 0 Å². The molecule has 112 valence electrons. The lowest BCUT2D eigenvalue weighted by Gasteiger charge is -2.23. The Morgan fingerprint density at radius 3 is 2.80 bits per heavy atom. The van der Waals surface area contributed by atoms with Gasteiger partial charge in [0, 0.05) is 6.54 Å². The number of halogens is 3. The first-order valence-electron chi connectivity index (χ1n) is 6.25. The molecule has 1 aliphatic rings. The average Bonchev–Trinajstić information content (AvgIpc) is 2.44. The molecule has 0 spiro atoms. The Morgan fingerprint density at radius 2 is 2.15 bits per heavy atom. The monoisotopic (exact) mass is 340 g/mol. The molecule has 0 bridgehead atoms. The van der Waals surface area contributed by atoms with Gasteiger partial charge in [-0.2, -0.15) is 0 Å². The smallest absolute Gasteiger partial charge is 0.242 e. The molecule has 1 atom stereocenters. The van der Waals surface area contributed by atoms with E-state index in [9.17, 15) is 12.8 Å². The van der Waals surface area contributed by atoms with E-state index in [4.69, 9.17) is 23.2 Å². The standard InChI is InChI=1S/C12H15Cl2FN2O2S/c13-9-3-4-10(11(14)12(9)15)20(18,19)17-7-8-2-1-5-16-6-8/h3-4,8,16-17H,1-2,5-7H2. The van der Waals surface area contributed by atoms with Gasteiger partial charge in [0.25, 0.3) is 0 Å². The molecule has 1 aromatic rings. The van der Waals surface area contributed by atoms with Crippen molar-refractivity contribution in [3.8, 4) is 0 Å². The fourth-order valence-corrected chi connectivity index (χ4v) is 3.98. The van der Waals surface area contributed by atoms with Crippen LogP contribution in [0.25, 0.3) is 0 Å². The summed E-state index contributed by atoms with van der Waals surface area (Å²) in [5, 5.41) is 2.52. The summed E-state index contributed by atoms with van der Waals surface area (Å²) in [7, 11) is -3.84. The van der Waals surface area contributed by atoms with E-state index in [0.717, 1.165) is 25.9 Å². The summed E-state index contributed by atoms with van der Waals surface area (Å²) in [5.41, 5.74) is 0. The minimum absolute atomic E-state index is 0.203. The van der Waals surface area contributed by atoms with Crippen molar-refractivity contribution in [3.05, 3.63) is 28.0 Å². The summed E-state index contributed by atoms with van der Waals surface area (Å²) in [5.74, 6) is -0.690. The predicted molar refractivity (Wildman–Crippen MR) is 77.2 cm³/mol. The van der Waals surface area contributed by atoms with E-state index < -0.39 is 20.9 Å². The van der Waals surface area contributed by atoms with Crippen molar-refractivity contribution in [2.24, 2.45) is 5.92 Å². The van der Waals surface area contributed by atoms with Crippen molar-refractivity contribution in [2.45, 2.75) is 17.7 Å². The third-order valence-electron chi connectivity index (χ3n) is 3.25. The molecule has 2 rings (SSSR count). The van der Waals surface area contributed by atoms with E-state index in [1.165, 1.54) is 12.1 Å². The predicted octanol–water partition coefficient (Wildman–Crippen LogP) is 2.41. The largest absolute Gasteiger partial charge is 0.316 e. The van der Waals surface area contributed by atoms with Crippen LogP contribution in [0.2, 0.25) is 10.0 Å². The molecule has 0 aromatic heterocycles. The van der Waals surface area contributed by atoms with E-state index >= 15 is 0 Å². The van der Waals surface area contributed by atoms with Crippen LogP contribution >= 0.6 is 23.2 Å². The van der Waals surface area contributed by atoms with Crippen molar-refractivity contribution in [1.82, 2.24) is 10.0 Å². The van der Waals surface area contributed by atoms with E-state index in [1.54, 1.807) is 0 Å². The Bertz CT molecular complexity index is 589. The Kier molecular flexibility index (Phi) is 5.25. The normalized spacial score (nSPS) is 20.1. The van der Waals surface area contributed by atoms with E-state index in [2.05, 4.69) is 10.0 Å². The Labute approximate surface area is 127 Å². The highest BCUT2D eigenvalue weighted by molar-refractivity contribution is 7.89. The average molecular weight is 341 g/mol. The van der Waals surface area contributed by atoms with Crippen LogP contribution in [0.15, 0.2) is 17.0 Å². The number of benzene rings is 1. The summed E-state index contributed by atoms with van der Waals surface area (Å²) >= 11 is 11.3. The van der Waals surface area contributed by atoms with Gasteiger partial charge in [0.2, 0.25) is 10.0 Å². The van der Waals surface area contributed by atoms with Gasteiger partial charge in [-0.1, -0.05) is 23.2 Å². The van der Waals surface area contributed by atoms with Crippen LogP contribution < -0.4 is 10.0 Å². The zero-order chi connectivity index (χ0) is 14.8. The maximum atomic E-state index is 13.6. The van der Waals surface area contributed by atoms with E-state index in [-0.39, 0.29) is 15.8 Å². The quantitative estimate of drug-likeness (QED) is 0.827. The first-order valence-corrected chi connectivity index (χ1v) is 8.49. The molecule has 0 radical (unpaired) electrons. The van der Waals surface area contributed by atoms with E-state index in [1.807, 2.05) is 0 Å². The molecule has 20 heavy (non-hydrogen) atoms. The maximum Gasteiger partial charge on any atom is 0.242 e. The third-order valence-corrected chi connectivity index (χ3v) is 5.49. The number of piperidine rings is 1. The minimum Gasteiger partial charge on any atom is -0.316 e. The van der Waals surface area contributed by atoms with Gasteiger partial charge in [-0.05, 0) is 44.0 Å². The van der Waals surface area contributed by atoms with Gasteiger partial charge < -0.3 is 5.32 Å². The maximum absolute atomic E-state index is 13.6. The molecule has 1 aromatic carbocycles. The zero-order valence-corrected chi connectivity index (χ0v) is 13.0. The zero-order valence-electron chi connectivity index (χ0n) is 10.6. The molecule has 1 fully saturated rings. The second-order valence-electron chi connectivity index (χ2n) is 4.74. The van der Waals surface area contributed by atoms with Crippen LogP contribution in [0.5, 0.6) is 0 Å². The van der Waals surface area contributed by atoms with Gasteiger partial charge in [-0.15, -0.1) is 0 Å². The highest BCUT2D eigenvalue weighted by Gasteiger charge is 2.23. The summed E-state index contributed by atoms with van der Waals surface area (Å²) in [4.78, 5) is -0.287. The molecule has 1 unspecified atom stereocenters. The van der Waals surface area contributed by atoms with Gasteiger partial charge in [0.05, 0.1) is 10.0 Å². The summed E-state index contributed by atoms with van der Waals surface area (Å²) in [6.07, 6.45) is 1.97. The second-order valence-corrected chi connectivity index (χ2v) is 7.26. The fourth-order valence-electron chi connectivity index (χ4n) is 2.12. The molecule has 0 saturated carbocycles. The van der Waals surface area contributed by atoms with Crippen molar-refractivity contribution in [2.75, 3.05) is 19.6 Å². The highest BCUT2D eigenvalue weighted by Crippen LogP contribution is 2.29. The molecule has 2 N–H and O–H groups in total. The van der Waals surface area contributed by atoms with Crippen LogP contribution in [-0.2, 0) is 10.0 Å². The molecule has 0 aliphatic carbocycles. The van der Waals surface area contributed by atoms with Crippen LogP contribution in [0.4, 0.5) is 4.39 Å². The molecule has 8 heteroatoms. The summed E-state index contributed by atoms with van der Waals surface area (Å²) < 4.78 is 40.3. The van der Waals surface area contributed by atoms with Gasteiger partial charge in [0.1, 0.15) is 4.90 Å².